The van der Waals surface area contributed by atoms with E-state index in [2.05, 4.69) is 53.3 Å². The topological polar surface area (TPSA) is 9.23 Å². The van der Waals surface area contributed by atoms with E-state index in [1.54, 1.807) is 0 Å². The van der Waals surface area contributed by atoms with Gasteiger partial charge in [-0.3, -0.25) is 0 Å². The zero-order valence-electron chi connectivity index (χ0n) is 7.38. The first-order valence-electron chi connectivity index (χ1n) is 4.04. The lowest BCUT2D eigenvalue weighted by molar-refractivity contribution is 0.635. The van der Waals surface area contributed by atoms with E-state index in [0.717, 1.165) is 4.47 Å². The van der Waals surface area contributed by atoms with Crippen LogP contribution < -0.4 is 5.19 Å². The summed E-state index contributed by atoms with van der Waals surface area (Å²) in [5, 5.41) is 1.39. The lowest BCUT2D eigenvalue weighted by Gasteiger charge is -2.05. The third-order valence-corrected chi connectivity index (χ3v) is 6.16. The van der Waals surface area contributed by atoms with Gasteiger partial charge < -0.3 is 4.12 Å². The van der Waals surface area contributed by atoms with E-state index in [9.17, 15) is 0 Å². The molecule has 0 aromatic heterocycles. The van der Waals surface area contributed by atoms with Crippen LogP contribution in [-0.2, 0) is 4.12 Å². The second-order valence-electron chi connectivity index (χ2n) is 2.99. The predicted molar refractivity (Wildman–Crippen MR) is 62.3 cm³/mol. The molecule has 0 aliphatic carbocycles. The van der Waals surface area contributed by atoms with E-state index < -0.39 is 18.8 Å². The SMILES string of the molecule is C[SiH](C)O[SiH2]c1ccc(Br)cc1. The molecule has 0 heterocycles. The van der Waals surface area contributed by atoms with Crippen molar-refractivity contribution >= 4 is 39.9 Å². The highest BCUT2D eigenvalue weighted by molar-refractivity contribution is 9.10. The Morgan fingerprint density at radius 1 is 1.25 bits per heavy atom. The molecule has 4 heteroatoms. The lowest BCUT2D eigenvalue weighted by atomic mass is 10.4. The number of hydrogen-bond donors (Lipinski definition) is 0. The zero-order valence-corrected chi connectivity index (χ0v) is 11.5. The van der Waals surface area contributed by atoms with Gasteiger partial charge in [0.05, 0.1) is 0 Å². The van der Waals surface area contributed by atoms with E-state index in [4.69, 9.17) is 4.12 Å². The van der Waals surface area contributed by atoms with Crippen molar-refractivity contribution < 1.29 is 4.12 Å². The molecule has 0 aliphatic rings. The minimum Gasteiger partial charge on any atom is -0.459 e. The van der Waals surface area contributed by atoms with Gasteiger partial charge in [0.1, 0.15) is 0 Å². The molecule has 0 aliphatic heterocycles. The molecule has 0 atom stereocenters. The predicted octanol–water partition coefficient (Wildman–Crippen LogP) is 1.16. The van der Waals surface area contributed by atoms with Gasteiger partial charge in [-0.25, -0.2) is 0 Å². The molecule has 1 aromatic carbocycles. The minimum atomic E-state index is -0.803. The third-order valence-electron chi connectivity index (χ3n) is 1.50. The van der Waals surface area contributed by atoms with E-state index in [1.807, 2.05) is 0 Å². The molecule has 0 radical (unpaired) electrons. The molecule has 0 saturated heterocycles. The Morgan fingerprint density at radius 2 is 1.83 bits per heavy atom. The summed E-state index contributed by atoms with van der Waals surface area (Å²) in [5.74, 6) is 0. The van der Waals surface area contributed by atoms with Crippen molar-refractivity contribution in [2.75, 3.05) is 0 Å². The molecular formula is C8H13BrOSi2. The van der Waals surface area contributed by atoms with E-state index in [0.29, 0.717) is 0 Å². The van der Waals surface area contributed by atoms with Crippen LogP contribution in [0, 0.1) is 0 Å². The maximum atomic E-state index is 5.73. The quantitative estimate of drug-likeness (QED) is 0.742. The smallest absolute Gasteiger partial charge is 0.178 e. The molecule has 0 amide bonds. The Labute approximate surface area is 85.9 Å². The van der Waals surface area contributed by atoms with Crippen molar-refractivity contribution in [3.8, 4) is 0 Å². The van der Waals surface area contributed by atoms with Crippen molar-refractivity contribution in [2.45, 2.75) is 13.1 Å². The lowest BCUT2D eigenvalue weighted by Crippen LogP contribution is -2.22. The molecule has 0 unspecified atom stereocenters. The fourth-order valence-electron chi connectivity index (χ4n) is 0.844. The third kappa shape index (κ3) is 3.66. The van der Waals surface area contributed by atoms with Crippen molar-refractivity contribution in [1.82, 2.24) is 0 Å². The van der Waals surface area contributed by atoms with Crippen LogP contribution in [0.25, 0.3) is 0 Å². The highest BCUT2D eigenvalue weighted by Gasteiger charge is 1.97. The fourth-order valence-corrected chi connectivity index (χ4v) is 3.64. The summed E-state index contributed by atoms with van der Waals surface area (Å²) in [6.45, 7) is 4.43. The molecule has 0 saturated carbocycles. The number of benzene rings is 1. The van der Waals surface area contributed by atoms with Crippen molar-refractivity contribution in [1.29, 1.82) is 0 Å². The van der Waals surface area contributed by atoms with Crippen LogP contribution in [0.3, 0.4) is 0 Å². The van der Waals surface area contributed by atoms with Gasteiger partial charge in [0.2, 0.25) is 0 Å². The van der Waals surface area contributed by atoms with E-state index in [-0.39, 0.29) is 0 Å². The maximum absolute atomic E-state index is 5.73. The summed E-state index contributed by atoms with van der Waals surface area (Å²) in [5.41, 5.74) is 0. The van der Waals surface area contributed by atoms with Crippen LogP contribution in [0.5, 0.6) is 0 Å². The molecule has 0 bridgehead atoms. The number of rotatable bonds is 3. The monoisotopic (exact) mass is 260 g/mol. The molecule has 1 nitrogen and oxygen atoms in total. The first kappa shape index (κ1) is 10.2. The van der Waals surface area contributed by atoms with Gasteiger partial charge in [0.15, 0.2) is 18.8 Å². The molecular weight excluding hydrogens is 248 g/mol. The van der Waals surface area contributed by atoms with Gasteiger partial charge in [-0.05, 0) is 30.4 Å². The Hall–Kier alpha value is 0.0938. The Morgan fingerprint density at radius 3 is 2.33 bits per heavy atom. The van der Waals surface area contributed by atoms with Crippen LogP contribution in [0.1, 0.15) is 0 Å². The van der Waals surface area contributed by atoms with Crippen molar-refractivity contribution in [3.05, 3.63) is 28.7 Å². The van der Waals surface area contributed by atoms with Gasteiger partial charge in [-0.2, -0.15) is 0 Å². The molecule has 66 valence electrons. The van der Waals surface area contributed by atoms with E-state index in [1.165, 1.54) is 5.19 Å². The largest absolute Gasteiger partial charge is 0.459 e. The normalized spacial score (nSPS) is 11.7. The molecule has 0 spiro atoms. The first-order valence-corrected chi connectivity index (χ1v) is 8.90. The molecule has 12 heavy (non-hydrogen) atoms. The highest BCUT2D eigenvalue weighted by Crippen LogP contribution is 2.04. The maximum Gasteiger partial charge on any atom is 0.178 e. The summed E-state index contributed by atoms with van der Waals surface area (Å²) < 4.78 is 6.87. The summed E-state index contributed by atoms with van der Waals surface area (Å²) in [7, 11) is -1.24. The summed E-state index contributed by atoms with van der Waals surface area (Å²) in [4.78, 5) is 0. The summed E-state index contributed by atoms with van der Waals surface area (Å²) >= 11 is 3.41. The first-order chi connectivity index (χ1) is 5.68. The van der Waals surface area contributed by atoms with Gasteiger partial charge in [-0.1, -0.05) is 28.1 Å². The second kappa shape index (κ2) is 4.96. The van der Waals surface area contributed by atoms with Gasteiger partial charge in [0, 0.05) is 4.47 Å². The Balaban J connectivity index is 2.48. The molecule has 1 rings (SSSR count). The van der Waals surface area contributed by atoms with Crippen LogP contribution in [-0.4, -0.2) is 18.8 Å². The standard InChI is InChI=1S/C8H13BrOSi2/c1-12(2)10-11-8-5-3-7(9)4-6-8/h3-6,12H,11H2,1-2H3. The summed E-state index contributed by atoms with van der Waals surface area (Å²) in [6.07, 6.45) is 0. The average Bonchev–Trinajstić information content (AvgIpc) is 2.03. The number of hydrogen-bond acceptors (Lipinski definition) is 1. The van der Waals surface area contributed by atoms with Gasteiger partial charge in [-0.15, -0.1) is 0 Å². The minimum absolute atomic E-state index is 0.434. The van der Waals surface area contributed by atoms with Crippen molar-refractivity contribution in [2.24, 2.45) is 0 Å². The van der Waals surface area contributed by atoms with E-state index >= 15 is 0 Å². The van der Waals surface area contributed by atoms with Gasteiger partial charge >= 0.3 is 0 Å². The molecule has 0 fully saturated rings. The van der Waals surface area contributed by atoms with Crippen LogP contribution in [0.2, 0.25) is 13.1 Å². The number of halogens is 1. The van der Waals surface area contributed by atoms with Crippen LogP contribution in [0.15, 0.2) is 28.7 Å². The zero-order chi connectivity index (χ0) is 8.97. The van der Waals surface area contributed by atoms with Gasteiger partial charge in [0.25, 0.3) is 0 Å². The highest BCUT2D eigenvalue weighted by atomic mass is 79.9. The summed E-state index contributed by atoms with van der Waals surface area (Å²) in [6, 6.07) is 8.45. The molecule has 1 aromatic rings. The fraction of sp³-hybridized carbons (Fsp3) is 0.250. The Kier molecular flexibility index (Phi) is 4.21. The van der Waals surface area contributed by atoms with Crippen LogP contribution >= 0.6 is 15.9 Å². The Bertz CT molecular complexity index is 235. The second-order valence-corrected chi connectivity index (χ2v) is 8.44. The molecule has 0 N–H and O–H groups in total. The van der Waals surface area contributed by atoms with Crippen LogP contribution in [0.4, 0.5) is 0 Å². The average molecular weight is 261 g/mol. The van der Waals surface area contributed by atoms with Crippen molar-refractivity contribution in [3.63, 3.8) is 0 Å².